The van der Waals surface area contributed by atoms with Crippen molar-refractivity contribution in [1.82, 2.24) is 19.7 Å². The summed E-state index contributed by atoms with van der Waals surface area (Å²) in [5.41, 5.74) is 9.80. The smallest absolute Gasteiger partial charge is 0.0924 e. The van der Waals surface area contributed by atoms with Crippen molar-refractivity contribution in [3.8, 4) is 11.3 Å². The van der Waals surface area contributed by atoms with Crippen molar-refractivity contribution in [1.29, 1.82) is 0 Å². The van der Waals surface area contributed by atoms with Crippen LogP contribution in [0.3, 0.4) is 0 Å². The SMILES string of the molecule is Cn1cc(-c2cnc3cc(N)ccc3n2)cn1. The van der Waals surface area contributed by atoms with E-state index in [1.54, 1.807) is 17.1 Å². The fourth-order valence-electron chi connectivity index (χ4n) is 1.72. The molecule has 0 aliphatic rings. The van der Waals surface area contributed by atoms with Crippen LogP contribution in [0, 0.1) is 0 Å². The van der Waals surface area contributed by atoms with E-state index in [1.165, 1.54) is 0 Å². The average Bonchev–Trinajstić information content (AvgIpc) is 2.75. The summed E-state index contributed by atoms with van der Waals surface area (Å²) in [4.78, 5) is 8.88. The van der Waals surface area contributed by atoms with Crippen LogP contribution in [0.5, 0.6) is 0 Å². The minimum atomic E-state index is 0.695. The topological polar surface area (TPSA) is 69.6 Å². The van der Waals surface area contributed by atoms with Gasteiger partial charge in [-0.25, -0.2) is 4.98 Å². The molecule has 0 aliphatic heterocycles. The Morgan fingerprint density at radius 3 is 2.82 bits per heavy atom. The monoisotopic (exact) mass is 225 g/mol. The summed E-state index contributed by atoms with van der Waals surface area (Å²) in [6.07, 6.45) is 5.42. The molecule has 0 unspecified atom stereocenters. The van der Waals surface area contributed by atoms with E-state index >= 15 is 0 Å². The third-order valence-corrected chi connectivity index (χ3v) is 2.57. The van der Waals surface area contributed by atoms with Crippen molar-refractivity contribution in [2.75, 3.05) is 5.73 Å². The van der Waals surface area contributed by atoms with Crippen LogP contribution in [-0.2, 0) is 7.05 Å². The summed E-state index contributed by atoms with van der Waals surface area (Å²) < 4.78 is 1.74. The quantitative estimate of drug-likeness (QED) is 0.639. The van der Waals surface area contributed by atoms with Crippen molar-refractivity contribution in [2.45, 2.75) is 0 Å². The average molecular weight is 225 g/mol. The first-order chi connectivity index (χ1) is 8.22. The molecule has 0 atom stereocenters. The van der Waals surface area contributed by atoms with Crippen molar-refractivity contribution in [3.05, 3.63) is 36.8 Å². The summed E-state index contributed by atoms with van der Waals surface area (Å²) >= 11 is 0. The molecule has 0 saturated heterocycles. The first-order valence-corrected chi connectivity index (χ1v) is 5.24. The number of rotatable bonds is 1. The number of aromatic nitrogens is 4. The Balaban J connectivity index is 2.16. The maximum atomic E-state index is 5.70. The van der Waals surface area contributed by atoms with Crippen LogP contribution in [-0.4, -0.2) is 19.7 Å². The minimum Gasteiger partial charge on any atom is -0.399 e. The molecule has 0 spiro atoms. The highest BCUT2D eigenvalue weighted by Gasteiger charge is 2.04. The van der Waals surface area contributed by atoms with Gasteiger partial charge < -0.3 is 5.73 Å². The second-order valence-corrected chi connectivity index (χ2v) is 3.91. The number of hydrogen-bond donors (Lipinski definition) is 1. The number of hydrogen-bond acceptors (Lipinski definition) is 4. The summed E-state index contributed by atoms with van der Waals surface area (Å²) in [6.45, 7) is 0. The molecule has 0 fully saturated rings. The maximum Gasteiger partial charge on any atom is 0.0924 e. The third kappa shape index (κ3) is 1.71. The Bertz CT molecular complexity index is 686. The molecule has 2 aromatic heterocycles. The van der Waals surface area contributed by atoms with Gasteiger partial charge in [0, 0.05) is 24.5 Å². The molecule has 17 heavy (non-hydrogen) atoms. The summed E-state index contributed by atoms with van der Waals surface area (Å²) in [5.74, 6) is 0. The van der Waals surface area contributed by atoms with Gasteiger partial charge in [-0.3, -0.25) is 9.67 Å². The van der Waals surface area contributed by atoms with Gasteiger partial charge in [-0.05, 0) is 18.2 Å². The van der Waals surface area contributed by atoms with E-state index in [0.717, 1.165) is 22.3 Å². The van der Waals surface area contributed by atoms with Crippen LogP contribution < -0.4 is 5.73 Å². The first kappa shape index (κ1) is 9.77. The van der Waals surface area contributed by atoms with Gasteiger partial charge in [-0.15, -0.1) is 0 Å². The summed E-state index contributed by atoms with van der Waals surface area (Å²) in [5, 5.41) is 4.12. The lowest BCUT2D eigenvalue weighted by Gasteiger charge is -2.00. The molecule has 5 nitrogen and oxygen atoms in total. The second kappa shape index (κ2) is 3.55. The van der Waals surface area contributed by atoms with Gasteiger partial charge in [0.15, 0.2) is 0 Å². The van der Waals surface area contributed by atoms with Crippen LogP contribution in [0.2, 0.25) is 0 Å². The van der Waals surface area contributed by atoms with Crippen LogP contribution in [0.25, 0.3) is 22.3 Å². The maximum absolute atomic E-state index is 5.70. The van der Waals surface area contributed by atoms with Crippen LogP contribution in [0.15, 0.2) is 36.8 Å². The van der Waals surface area contributed by atoms with E-state index in [2.05, 4.69) is 15.1 Å². The number of aryl methyl sites for hydroxylation is 1. The largest absolute Gasteiger partial charge is 0.399 e. The number of anilines is 1. The number of fused-ring (bicyclic) bond motifs is 1. The molecule has 5 heteroatoms. The Hall–Kier alpha value is -2.43. The predicted molar refractivity (Wildman–Crippen MR) is 66.2 cm³/mol. The molecule has 0 bridgehead atoms. The molecule has 3 aromatic rings. The fraction of sp³-hybridized carbons (Fsp3) is 0.0833. The normalized spacial score (nSPS) is 10.9. The number of nitrogens with two attached hydrogens (primary N) is 1. The molecule has 0 aliphatic carbocycles. The zero-order valence-corrected chi connectivity index (χ0v) is 9.33. The van der Waals surface area contributed by atoms with Gasteiger partial charge in [0.25, 0.3) is 0 Å². The molecule has 2 heterocycles. The number of benzene rings is 1. The lowest BCUT2D eigenvalue weighted by molar-refractivity contribution is 0.768. The van der Waals surface area contributed by atoms with Crippen molar-refractivity contribution >= 4 is 16.7 Å². The fourth-order valence-corrected chi connectivity index (χ4v) is 1.72. The molecule has 0 saturated carbocycles. The predicted octanol–water partition coefficient (Wildman–Crippen LogP) is 1.61. The third-order valence-electron chi connectivity index (χ3n) is 2.57. The van der Waals surface area contributed by atoms with Crippen LogP contribution in [0.4, 0.5) is 5.69 Å². The molecule has 0 radical (unpaired) electrons. The lowest BCUT2D eigenvalue weighted by atomic mass is 10.2. The van der Waals surface area contributed by atoms with E-state index in [9.17, 15) is 0 Å². The summed E-state index contributed by atoms with van der Waals surface area (Å²) in [6, 6.07) is 5.51. The standard InChI is InChI=1S/C12H11N5/c1-17-7-8(5-15-17)12-6-14-11-4-9(13)2-3-10(11)16-12/h2-7H,13H2,1H3. The summed E-state index contributed by atoms with van der Waals surface area (Å²) in [7, 11) is 1.87. The van der Waals surface area contributed by atoms with Crippen LogP contribution in [0.1, 0.15) is 0 Å². The molecule has 84 valence electrons. The zero-order chi connectivity index (χ0) is 11.8. The highest BCUT2D eigenvalue weighted by Crippen LogP contribution is 2.19. The highest BCUT2D eigenvalue weighted by atomic mass is 15.2. The van der Waals surface area contributed by atoms with Gasteiger partial charge in [0.1, 0.15) is 0 Å². The van der Waals surface area contributed by atoms with Gasteiger partial charge in [0.05, 0.1) is 29.1 Å². The zero-order valence-electron chi connectivity index (χ0n) is 9.33. The Morgan fingerprint density at radius 1 is 1.18 bits per heavy atom. The van der Waals surface area contributed by atoms with Crippen molar-refractivity contribution < 1.29 is 0 Å². The minimum absolute atomic E-state index is 0.695. The van der Waals surface area contributed by atoms with E-state index in [0.29, 0.717) is 5.69 Å². The van der Waals surface area contributed by atoms with Gasteiger partial charge in [-0.2, -0.15) is 5.10 Å². The Labute approximate surface area is 97.9 Å². The highest BCUT2D eigenvalue weighted by molar-refractivity contribution is 5.79. The molecule has 2 N–H and O–H groups in total. The Morgan fingerprint density at radius 2 is 2.06 bits per heavy atom. The van der Waals surface area contributed by atoms with E-state index in [-0.39, 0.29) is 0 Å². The second-order valence-electron chi connectivity index (χ2n) is 3.91. The first-order valence-electron chi connectivity index (χ1n) is 5.24. The van der Waals surface area contributed by atoms with Gasteiger partial charge >= 0.3 is 0 Å². The van der Waals surface area contributed by atoms with Crippen molar-refractivity contribution in [3.63, 3.8) is 0 Å². The molecule has 0 amide bonds. The molecular formula is C12H11N5. The molecule has 3 rings (SSSR count). The van der Waals surface area contributed by atoms with Crippen molar-refractivity contribution in [2.24, 2.45) is 7.05 Å². The van der Waals surface area contributed by atoms with Gasteiger partial charge in [-0.1, -0.05) is 0 Å². The van der Waals surface area contributed by atoms with Crippen LogP contribution >= 0.6 is 0 Å². The lowest BCUT2D eigenvalue weighted by Crippen LogP contribution is -1.90. The van der Waals surface area contributed by atoms with E-state index in [1.807, 2.05) is 31.4 Å². The molecular weight excluding hydrogens is 214 g/mol. The van der Waals surface area contributed by atoms with Gasteiger partial charge in [0.2, 0.25) is 0 Å². The number of nitrogen functional groups attached to an aromatic ring is 1. The van der Waals surface area contributed by atoms with E-state index < -0.39 is 0 Å². The Kier molecular flexibility index (Phi) is 2.04. The molecule has 1 aromatic carbocycles. The van der Waals surface area contributed by atoms with E-state index in [4.69, 9.17) is 5.73 Å². The number of nitrogens with zero attached hydrogens (tertiary/aromatic N) is 4.